The molecule has 0 saturated heterocycles. The zero-order chi connectivity index (χ0) is 21.4. The lowest BCUT2D eigenvalue weighted by molar-refractivity contribution is -0.152. The zero-order valence-corrected chi connectivity index (χ0v) is 16.4. The van der Waals surface area contributed by atoms with Gasteiger partial charge in [0.2, 0.25) is 0 Å². The van der Waals surface area contributed by atoms with Crippen LogP contribution in [0.15, 0.2) is 48.5 Å². The van der Waals surface area contributed by atoms with Gasteiger partial charge in [-0.2, -0.15) is 0 Å². The number of carbonyl (C=O) groups excluding carboxylic acids is 4. The van der Waals surface area contributed by atoms with Gasteiger partial charge in [-0.05, 0) is 50.2 Å². The molecule has 0 bridgehead atoms. The number of para-hydroxylation sites is 1. The summed E-state index contributed by atoms with van der Waals surface area (Å²) in [5.41, 5.74) is 1.27. The van der Waals surface area contributed by atoms with Crippen molar-refractivity contribution in [3.8, 4) is 5.75 Å². The molecule has 0 saturated carbocycles. The fraction of sp³-hybridized carbons (Fsp3) is 0.238. The SMILES string of the molecule is COc1ccccc1C(=O)NCC(=O)O[C@@H](C)C(=O)Nc1ccc(C(C)=O)cc1. The van der Waals surface area contributed by atoms with Crippen LogP contribution in [0.25, 0.3) is 0 Å². The van der Waals surface area contributed by atoms with Gasteiger partial charge in [0.05, 0.1) is 12.7 Å². The van der Waals surface area contributed by atoms with Crippen LogP contribution in [0.4, 0.5) is 5.69 Å². The molecule has 2 N–H and O–H groups in total. The van der Waals surface area contributed by atoms with Crippen molar-refractivity contribution in [2.45, 2.75) is 20.0 Å². The van der Waals surface area contributed by atoms with Gasteiger partial charge >= 0.3 is 5.97 Å². The quantitative estimate of drug-likeness (QED) is 0.521. The van der Waals surface area contributed by atoms with Crippen LogP contribution in [-0.2, 0) is 14.3 Å². The molecule has 2 aromatic rings. The molecule has 0 aliphatic heterocycles. The Hall–Kier alpha value is -3.68. The summed E-state index contributed by atoms with van der Waals surface area (Å²) in [5, 5.41) is 5.01. The number of anilines is 1. The van der Waals surface area contributed by atoms with Crippen molar-refractivity contribution in [2.24, 2.45) is 0 Å². The molecule has 1 atom stereocenters. The van der Waals surface area contributed by atoms with Crippen molar-refractivity contribution in [1.82, 2.24) is 5.32 Å². The van der Waals surface area contributed by atoms with Crippen LogP contribution in [0, 0.1) is 0 Å². The van der Waals surface area contributed by atoms with E-state index in [4.69, 9.17) is 9.47 Å². The average molecular weight is 398 g/mol. The molecule has 0 aliphatic rings. The van der Waals surface area contributed by atoms with Gasteiger partial charge < -0.3 is 20.1 Å². The highest BCUT2D eigenvalue weighted by molar-refractivity contribution is 5.99. The smallest absolute Gasteiger partial charge is 0.326 e. The first-order valence-corrected chi connectivity index (χ1v) is 8.84. The number of benzene rings is 2. The number of hydrogen-bond donors (Lipinski definition) is 2. The maximum absolute atomic E-state index is 12.2. The predicted octanol–water partition coefficient (Wildman–Crippen LogP) is 2.20. The predicted molar refractivity (Wildman–Crippen MR) is 106 cm³/mol. The number of ketones is 1. The fourth-order valence-corrected chi connectivity index (χ4v) is 2.40. The van der Waals surface area contributed by atoms with E-state index in [2.05, 4.69) is 10.6 Å². The number of nitrogens with one attached hydrogen (secondary N) is 2. The summed E-state index contributed by atoms with van der Waals surface area (Å²) in [6, 6.07) is 12.9. The molecule has 2 rings (SSSR count). The van der Waals surface area contributed by atoms with Crippen molar-refractivity contribution in [2.75, 3.05) is 19.0 Å². The molecular weight excluding hydrogens is 376 g/mol. The van der Waals surface area contributed by atoms with Gasteiger partial charge in [-0.1, -0.05) is 12.1 Å². The summed E-state index contributed by atoms with van der Waals surface area (Å²) < 4.78 is 10.1. The van der Waals surface area contributed by atoms with E-state index in [1.807, 2.05) is 0 Å². The molecule has 0 fully saturated rings. The van der Waals surface area contributed by atoms with Crippen LogP contribution in [0.3, 0.4) is 0 Å². The molecule has 8 nitrogen and oxygen atoms in total. The Bertz CT molecular complexity index is 908. The summed E-state index contributed by atoms with van der Waals surface area (Å²) in [7, 11) is 1.44. The second kappa shape index (κ2) is 10.0. The lowest BCUT2D eigenvalue weighted by atomic mass is 10.1. The van der Waals surface area contributed by atoms with Crippen LogP contribution in [-0.4, -0.2) is 43.3 Å². The van der Waals surface area contributed by atoms with E-state index in [1.54, 1.807) is 48.5 Å². The zero-order valence-electron chi connectivity index (χ0n) is 16.4. The maximum Gasteiger partial charge on any atom is 0.326 e. The van der Waals surface area contributed by atoms with Gasteiger partial charge in [0.15, 0.2) is 11.9 Å². The third-order valence-corrected chi connectivity index (χ3v) is 3.98. The summed E-state index contributed by atoms with van der Waals surface area (Å²) in [5.74, 6) is -1.50. The highest BCUT2D eigenvalue weighted by Gasteiger charge is 2.19. The monoisotopic (exact) mass is 398 g/mol. The third kappa shape index (κ3) is 6.17. The number of methoxy groups -OCH3 is 1. The van der Waals surface area contributed by atoms with Crippen LogP contribution in [0.5, 0.6) is 5.75 Å². The molecule has 8 heteroatoms. The van der Waals surface area contributed by atoms with Crippen molar-refractivity contribution in [3.63, 3.8) is 0 Å². The Balaban J connectivity index is 1.84. The van der Waals surface area contributed by atoms with E-state index in [0.717, 1.165) is 0 Å². The van der Waals surface area contributed by atoms with Crippen LogP contribution < -0.4 is 15.4 Å². The van der Waals surface area contributed by atoms with Crippen molar-refractivity contribution in [3.05, 3.63) is 59.7 Å². The second-order valence-corrected chi connectivity index (χ2v) is 6.14. The first-order valence-electron chi connectivity index (χ1n) is 8.84. The van der Waals surface area contributed by atoms with Gasteiger partial charge in [0.1, 0.15) is 12.3 Å². The summed E-state index contributed by atoms with van der Waals surface area (Å²) in [6.45, 7) is 2.46. The van der Waals surface area contributed by atoms with E-state index in [9.17, 15) is 19.2 Å². The van der Waals surface area contributed by atoms with Gasteiger partial charge in [0.25, 0.3) is 11.8 Å². The minimum absolute atomic E-state index is 0.0830. The summed E-state index contributed by atoms with van der Waals surface area (Å²) in [6.07, 6.45) is -1.07. The molecular formula is C21H22N2O6. The molecule has 0 radical (unpaired) electrons. The first kappa shape index (κ1) is 21.6. The number of esters is 1. The van der Waals surface area contributed by atoms with Gasteiger partial charge in [-0.25, -0.2) is 0 Å². The van der Waals surface area contributed by atoms with Crippen molar-refractivity contribution >= 4 is 29.3 Å². The lowest BCUT2D eigenvalue weighted by Gasteiger charge is -2.14. The van der Waals surface area contributed by atoms with E-state index in [0.29, 0.717) is 17.0 Å². The maximum atomic E-state index is 12.2. The molecule has 0 heterocycles. The Kier molecular flexibility index (Phi) is 7.47. The van der Waals surface area contributed by atoms with E-state index < -0.39 is 30.4 Å². The largest absolute Gasteiger partial charge is 0.496 e. The molecule has 2 amide bonds. The first-order chi connectivity index (χ1) is 13.8. The number of rotatable bonds is 8. The minimum atomic E-state index is -1.07. The third-order valence-electron chi connectivity index (χ3n) is 3.98. The topological polar surface area (TPSA) is 111 Å². The second-order valence-electron chi connectivity index (χ2n) is 6.14. The van der Waals surface area contributed by atoms with Gasteiger partial charge in [-0.3, -0.25) is 19.2 Å². The molecule has 2 aromatic carbocycles. The van der Waals surface area contributed by atoms with Gasteiger partial charge in [-0.15, -0.1) is 0 Å². The van der Waals surface area contributed by atoms with E-state index >= 15 is 0 Å². The number of ether oxygens (including phenoxy) is 2. The standard InChI is InChI=1S/C21H22N2O6/c1-13(24)15-8-10-16(11-9-15)23-20(26)14(2)29-19(25)12-22-21(27)17-6-4-5-7-18(17)28-3/h4-11,14H,12H2,1-3H3,(H,22,27)(H,23,26)/t14-/m0/s1. The van der Waals surface area contributed by atoms with Crippen molar-refractivity contribution < 1.29 is 28.7 Å². The molecule has 152 valence electrons. The molecule has 0 aliphatic carbocycles. The Labute approximate surface area is 168 Å². The number of hydrogen-bond acceptors (Lipinski definition) is 6. The van der Waals surface area contributed by atoms with Gasteiger partial charge in [0, 0.05) is 11.3 Å². The van der Waals surface area contributed by atoms with Crippen LogP contribution in [0.2, 0.25) is 0 Å². The molecule has 29 heavy (non-hydrogen) atoms. The lowest BCUT2D eigenvalue weighted by Crippen LogP contribution is -2.36. The van der Waals surface area contributed by atoms with Crippen LogP contribution >= 0.6 is 0 Å². The normalized spacial score (nSPS) is 11.1. The average Bonchev–Trinajstić information content (AvgIpc) is 2.72. The molecule has 0 spiro atoms. The number of Topliss-reactive ketones (excluding diaryl/α,β-unsaturated/α-hetero) is 1. The summed E-state index contributed by atoms with van der Waals surface area (Å²) in [4.78, 5) is 47.5. The fourth-order valence-electron chi connectivity index (χ4n) is 2.40. The minimum Gasteiger partial charge on any atom is -0.496 e. The Morgan fingerprint density at radius 3 is 2.28 bits per heavy atom. The van der Waals surface area contributed by atoms with E-state index in [1.165, 1.54) is 21.0 Å². The molecule has 0 unspecified atom stereocenters. The Morgan fingerprint density at radius 2 is 1.66 bits per heavy atom. The Morgan fingerprint density at radius 1 is 1.00 bits per heavy atom. The number of amides is 2. The van der Waals surface area contributed by atoms with E-state index in [-0.39, 0.29) is 11.3 Å². The van der Waals surface area contributed by atoms with Crippen LogP contribution in [0.1, 0.15) is 34.6 Å². The number of carbonyl (C=O) groups is 4. The molecule has 0 aromatic heterocycles. The highest BCUT2D eigenvalue weighted by Crippen LogP contribution is 2.16. The highest BCUT2D eigenvalue weighted by atomic mass is 16.5. The van der Waals surface area contributed by atoms with Crippen molar-refractivity contribution in [1.29, 1.82) is 0 Å². The summed E-state index contributed by atoms with van der Waals surface area (Å²) >= 11 is 0.